The van der Waals surface area contributed by atoms with Crippen LogP contribution in [0.25, 0.3) is 33.9 Å². The van der Waals surface area contributed by atoms with E-state index >= 15 is 0 Å². The zero-order valence-corrected chi connectivity index (χ0v) is 19.3. The van der Waals surface area contributed by atoms with Gasteiger partial charge in [0, 0.05) is 5.56 Å². The third-order valence-corrected chi connectivity index (χ3v) is 6.37. The Hall–Kier alpha value is -4.18. The number of phenolic OH excluding ortho intramolecular Hbond substituents is 1. The van der Waals surface area contributed by atoms with Gasteiger partial charge in [-0.1, -0.05) is 85.5 Å². The van der Waals surface area contributed by atoms with Gasteiger partial charge in [-0.2, -0.15) is 0 Å². The molecule has 0 unspecified atom stereocenters. The molecule has 34 heavy (non-hydrogen) atoms. The van der Waals surface area contributed by atoms with Crippen LogP contribution in [-0.2, 0) is 19.3 Å². The first-order valence-electron chi connectivity index (χ1n) is 11.6. The maximum absolute atomic E-state index is 10.7. The summed E-state index contributed by atoms with van der Waals surface area (Å²) in [5, 5.41) is 19.6. The van der Waals surface area contributed by atoms with Gasteiger partial charge in [0.25, 0.3) is 0 Å². The highest BCUT2D eigenvalue weighted by Gasteiger charge is 2.17. The lowest BCUT2D eigenvalue weighted by atomic mass is 9.94. The number of fused-ring (bicyclic) bond motifs is 1. The number of hydrogen-bond acceptors (Lipinski definition) is 3. The van der Waals surface area contributed by atoms with E-state index in [2.05, 4.69) is 72.3 Å². The Morgan fingerprint density at radius 2 is 1.62 bits per heavy atom. The van der Waals surface area contributed by atoms with Crippen LogP contribution in [0.15, 0.2) is 91.5 Å². The molecule has 0 spiro atoms. The smallest absolute Gasteiger partial charge is 0.119 e. The lowest BCUT2D eigenvalue weighted by molar-refractivity contribution is 0.467. The van der Waals surface area contributed by atoms with Gasteiger partial charge in [0.1, 0.15) is 11.3 Å². The first-order valence-corrected chi connectivity index (χ1v) is 11.6. The maximum atomic E-state index is 10.7. The van der Waals surface area contributed by atoms with Crippen molar-refractivity contribution in [1.82, 2.24) is 15.0 Å². The SMILES string of the molecule is C=Cc1cc(CCc2cccc(-c3ccccc3)c2-n2nnc3ccccc32)c(O)cc1CC. The molecular weight excluding hydrogens is 418 g/mol. The Bertz CT molecular complexity index is 1470. The molecule has 0 aliphatic rings. The van der Waals surface area contributed by atoms with Crippen LogP contribution in [0.3, 0.4) is 0 Å². The van der Waals surface area contributed by atoms with Gasteiger partial charge in [0.05, 0.1) is 11.2 Å². The molecule has 168 valence electrons. The van der Waals surface area contributed by atoms with E-state index < -0.39 is 0 Å². The molecule has 0 aliphatic carbocycles. The summed E-state index contributed by atoms with van der Waals surface area (Å²) in [4.78, 5) is 0. The number of hydrogen-bond donors (Lipinski definition) is 1. The van der Waals surface area contributed by atoms with E-state index in [0.717, 1.165) is 62.9 Å². The van der Waals surface area contributed by atoms with E-state index in [1.165, 1.54) is 0 Å². The van der Waals surface area contributed by atoms with E-state index in [9.17, 15) is 5.11 Å². The molecule has 0 saturated carbocycles. The highest BCUT2D eigenvalue weighted by molar-refractivity contribution is 5.81. The van der Waals surface area contributed by atoms with Crippen LogP contribution in [0, 0.1) is 0 Å². The summed E-state index contributed by atoms with van der Waals surface area (Å²) in [5.41, 5.74) is 9.34. The molecule has 5 rings (SSSR count). The Labute approximate surface area is 199 Å². The second-order valence-electron chi connectivity index (χ2n) is 8.41. The standard InChI is InChI=1S/C30H27N3O/c1-3-21-19-25(29(34)20-22(21)4-2)18-17-24-13-10-14-26(23-11-6-5-7-12-23)30(24)33-28-16-9-8-15-27(28)31-32-33/h3,5-16,19-20,34H,1,4,17-18H2,2H3. The normalized spacial score (nSPS) is 11.1. The van der Waals surface area contributed by atoms with Gasteiger partial charge in [-0.25, -0.2) is 4.68 Å². The number of phenols is 1. The summed E-state index contributed by atoms with van der Waals surface area (Å²) in [6.45, 7) is 6.04. The molecule has 5 aromatic rings. The predicted molar refractivity (Wildman–Crippen MR) is 139 cm³/mol. The predicted octanol–water partition coefficient (Wildman–Crippen LogP) is 6.78. The molecule has 0 bridgehead atoms. The Balaban J connectivity index is 1.62. The Morgan fingerprint density at radius 3 is 2.41 bits per heavy atom. The van der Waals surface area contributed by atoms with Crippen molar-refractivity contribution in [2.75, 3.05) is 0 Å². The van der Waals surface area contributed by atoms with E-state index in [0.29, 0.717) is 12.2 Å². The molecule has 0 radical (unpaired) electrons. The molecule has 1 N–H and O–H groups in total. The van der Waals surface area contributed by atoms with Crippen molar-refractivity contribution in [2.45, 2.75) is 26.2 Å². The summed E-state index contributed by atoms with van der Waals surface area (Å²) in [6.07, 6.45) is 4.18. The number of aromatic nitrogens is 3. The molecule has 4 nitrogen and oxygen atoms in total. The zero-order chi connectivity index (χ0) is 23.5. The van der Waals surface area contributed by atoms with Crippen LogP contribution < -0.4 is 0 Å². The number of nitrogens with zero attached hydrogens (tertiary/aromatic N) is 3. The van der Waals surface area contributed by atoms with Crippen molar-refractivity contribution >= 4 is 17.1 Å². The largest absolute Gasteiger partial charge is 0.508 e. The second-order valence-corrected chi connectivity index (χ2v) is 8.41. The fraction of sp³-hybridized carbons (Fsp3) is 0.133. The van der Waals surface area contributed by atoms with Gasteiger partial charge in [0.2, 0.25) is 0 Å². The highest BCUT2D eigenvalue weighted by Crippen LogP contribution is 2.33. The minimum absolute atomic E-state index is 0.342. The number of aryl methyl sites for hydroxylation is 3. The minimum atomic E-state index is 0.342. The van der Waals surface area contributed by atoms with Crippen LogP contribution in [0.2, 0.25) is 0 Å². The molecule has 4 aromatic carbocycles. The van der Waals surface area contributed by atoms with E-state index in [1.54, 1.807) is 0 Å². The van der Waals surface area contributed by atoms with E-state index in [-0.39, 0.29) is 0 Å². The third-order valence-electron chi connectivity index (χ3n) is 6.37. The highest BCUT2D eigenvalue weighted by atomic mass is 16.3. The second kappa shape index (κ2) is 9.36. The summed E-state index contributed by atoms with van der Waals surface area (Å²) in [6, 6.07) is 28.7. The van der Waals surface area contributed by atoms with Gasteiger partial charge in [-0.15, -0.1) is 5.10 Å². The molecule has 0 fully saturated rings. The molecule has 0 atom stereocenters. The first kappa shape index (κ1) is 21.7. The molecule has 0 amide bonds. The minimum Gasteiger partial charge on any atom is -0.508 e. The van der Waals surface area contributed by atoms with Crippen LogP contribution in [0.4, 0.5) is 0 Å². The van der Waals surface area contributed by atoms with E-state index in [1.807, 2.05) is 47.2 Å². The van der Waals surface area contributed by atoms with Gasteiger partial charge in [0.15, 0.2) is 0 Å². The van der Waals surface area contributed by atoms with Gasteiger partial charge in [-0.05, 0) is 71.3 Å². The number of rotatable bonds is 7. The fourth-order valence-electron chi connectivity index (χ4n) is 4.59. The fourth-order valence-corrected chi connectivity index (χ4v) is 4.59. The quantitative estimate of drug-likeness (QED) is 0.300. The lowest BCUT2D eigenvalue weighted by Gasteiger charge is -2.16. The van der Waals surface area contributed by atoms with Crippen LogP contribution in [0.5, 0.6) is 5.75 Å². The molecule has 4 heteroatoms. The molecule has 1 aromatic heterocycles. The molecule has 0 saturated heterocycles. The van der Waals surface area contributed by atoms with Crippen molar-refractivity contribution < 1.29 is 5.11 Å². The van der Waals surface area contributed by atoms with Crippen molar-refractivity contribution in [3.8, 4) is 22.6 Å². The van der Waals surface area contributed by atoms with Crippen LogP contribution >= 0.6 is 0 Å². The lowest BCUT2D eigenvalue weighted by Crippen LogP contribution is -2.06. The van der Waals surface area contributed by atoms with Crippen LogP contribution in [-0.4, -0.2) is 20.1 Å². The van der Waals surface area contributed by atoms with Gasteiger partial charge < -0.3 is 5.11 Å². The Morgan fingerprint density at radius 1 is 0.853 bits per heavy atom. The molecule has 0 aliphatic heterocycles. The summed E-state index contributed by atoms with van der Waals surface area (Å²) >= 11 is 0. The molecular formula is C30H27N3O. The van der Waals surface area contributed by atoms with Gasteiger partial charge in [-0.3, -0.25) is 0 Å². The van der Waals surface area contributed by atoms with E-state index in [4.69, 9.17) is 0 Å². The number of benzene rings is 4. The summed E-state index contributed by atoms with van der Waals surface area (Å²) < 4.78 is 1.95. The van der Waals surface area contributed by atoms with Crippen LogP contribution in [0.1, 0.15) is 29.2 Å². The average molecular weight is 446 g/mol. The number of para-hydroxylation sites is 2. The monoisotopic (exact) mass is 445 g/mol. The average Bonchev–Trinajstić information content (AvgIpc) is 3.32. The van der Waals surface area contributed by atoms with Crippen molar-refractivity contribution in [3.05, 3.63) is 114 Å². The summed E-state index contributed by atoms with van der Waals surface area (Å²) in [5.74, 6) is 0.342. The van der Waals surface area contributed by atoms with Crippen molar-refractivity contribution in [2.24, 2.45) is 0 Å². The zero-order valence-electron chi connectivity index (χ0n) is 19.3. The third kappa shape index (κ3) is 3.99. The maximum Gasteiger partial charge on any atom is 0.119 e. The summed E-state index contributed by atoms with van der Waals surface area (Å²) in [7, 11) is 0. The topological polar surface area (TPSA) is 50.9 Å². The van der Waals surface area contributed by atoms with Crippen molar-refractivity contribution in [3.63, 3.8) is 0 Å². The number of aromatic hydroxyl groups is 1. The first-order chi connectivity index (χ1) is 16.7. The molecule has 1 heterocycles. The van der Waals surface area contributed by atoms with Crippen molar-refractivity contribution in [1.29, 1.82) is 0 Å². The van der Waals surface area contributed by atoms with Gasteiger partial charge >= 0.3 is 0 Å². The Kier molecular flexibility index (Phi) is 5.96.